The second-order valence-corrected chi connectivity index (χ2v) is 4.08. The van der Waals surface area contributed by atoms with Crippen LogP contribution in [0.15, 0.2) is 12.4 Å². The zero-order valence-corrected chi connectivity index (χ0v) is 9.37. The fraction of sp³-hybridized carbons (Fsp3) is 0.727. The molecule has 0 amide bonds. The van der Waals surface area contributed by atoms with Crippen molar-refractivity contribution in [3.8, 4) is 0 Å². The number of nitrogens with one attached hydrogen (secondary N) is 2. The molecule has 2 N–H and O–H groups in total. The van der Waals surface area contributed by atoms with E-state index < -0.39 is 0 Å². The molecule has 1 aliphatic rings. The molecule has 2 rings (SSSR count). The molecule has 0 aromatic carbocycles. The molecule has 1 aromatic heterocycles. The Morgan fingerprint density at radius 3 is 3.40 bits per heavy atom. The summed E-state index contributed by atoms with van der Waals surface area (Å²) in [7, 11) is 0. The van der Waals surface area contributed by atoms with E-state index in [1.54, 1.807) is 0 Å². The van der Waals surface area contributed by atoms with Crippen molar-refractivity contribution in [3.05, 3.63) is 12.4 Å². The number of imidazole rings is 1. The van der Waals surface area contributed by atoms with E-state index in [4.69, 9.17) is 0 Å². The van der Waals surface area contributed by atoms with E-state index in [1.165, 1.54) is 19.3 Å². The van der Waals surface area contributed by atoms with Gasteiger partial charge in [0.1, 0.15) is 0 Å². The topological polar surface area (TPSA) is 41.9 Å². The highest BCUT2D eigenvalue weighted by Crippen LogP contribution is 2.11. The second-order valence-electron chi connectivity index (χ2n) is 4.08. The van der Waals surface area contributed by atoms with Gasteiger partial charge in [0.2, 0.25) is 5.95 Å². The van der Waals surface area contributed by atoms with Crippen LogP contribution in [0.1, 0.15) is 26.2 Å². The number of hydrogen-bond acceptors (Lipinski definition) is 3. The first-order valence-corrected chi connectivity index (χ1v) is 5.88. The monoisotopic (exact) mass is 208 g/mol. The Morgan fingerprint density at radius 2 is 2.53 bits per heavy atom. The van der Waals surface area contributed by atoms with Gasteiger partial charge in [0.25, 0.3) is 0 Å². The molecule has 1 aromatic rings. The number of aromatic nitrogens is 2. The lowest BCUT2D eigenvalue weighted by molar-refractivity contribution is 0.621. The maximum Gasteiger partial charge on any atom is 0.203 e. The van der Waals surface area contributed by atoms with Crippen LogP contribution in [0, 0.1) is 0 Å². The second kappa shape index (κ2) is 5.16. The predicted octanol–water partition coefficient (Wildman–Crippen LogP) is 1.46. The van der Waals surface area contributed by atoms with Crippen molar-refractivity contribution in [1.29, 1.82) is 0 Å². The highest BCUT2D eigenvalue weighted by atomic mass is 15.2. The SMILES string of the molecule is CCn1ccnc1NC1CCCCNC1. The van der Waals surface area contributed by atoms with E-state index in [1.807, 2.05) is 12.4 Å². The van der Waals surface area contributed by atoms with Crippen LogP contribution in [0.25, 0.3) is 0 Å². The van der Waals surface area contributed by atoms with Crippen molar-refractivity contribution in [2.45, 2.75) is 38.8 Å². The molecule has 0 radical (unpaired) electrons. The van der Waals surface area contributed by atoms with Crippen LogP contribution < -0.4 is 10.6 Å². The third-order valence-corrected chi connectivity index (χ3v) is 2.94. The van der Waals surface area contributed by atoms with E-state index in [0.29, 0.717) is 6.04 Å². The summed E-state index contributed by atoms with van der Waals surface area (Å²) in [6, 6.07) is 0.528. The van der Waals surface area contributed by atoms with Gasteiger partial charge in [0.05, 0.1) is 0 Å². The molecular weight excluding hydrogens is 188 g/mol. The number of aryl methyl sites for hydroxylation is 1. The lowest BCUT2D eigenvalue weighted by Gasteiger charge is -2.17. The first-order valence-electron chi connectivity index (χ1n) is 5.88. The summed E-state index contributed by atoms with van der Waals surface area (Å²) < 4.78 is 2.14. The number of anilines is 1. The van der Waals surface area contributed by atoms with Crippen molar-refractivity contribution in [2.75, 3.05) is 18.4 Å². The van der Waals surface area contributed by atoms with E-state index in [0.717, 1.165) is 25.6 Å². The smallest absolute Gasteiger partial charge is 0.203 e. The van der Waals surface area contributed by atoms with Gasteiger partial charge >= 0.3 is 0 Å². The molecule has 84 valence electrons. The summed E-state index contributed by atoms with van der Waals surface area (Å²) in [5, 5.41) is 6.96. The van der Waals surface area contributed by atoms with Crippen LogP contribution in [-0.4, -0.2) is 28.7 Å². The molecule has 0 spiro atoms. The van der Waals surface area contributed by atoms with Crippen molar-refractivity contribution >= 4 is 5.95 Å². The molecule has 4 heteroatoms. The van der Waals surface area contributed by atoms with Crippen LogP contribution in [0.4, 0.5) is 5.95 Å². The lowest BCUT2D eigenvalue weighted by atomic mass is 10.1. The number of nitrogens with zero attached hydrogens (tertiary/aromatic N) is 2. The van der Waals surface area contributed by atoms with Gasteiger partial charge in [-0.05, 0) is 26.3 Å². The van der Waals surface area contributed by atoms with Crippen molar-refractivity contribution in [2.24, 2.45) is 0 Å². The molecular formula is C11H20N4. The van der Waals surface area contributed by atoms with Gasteiger partial charge in [0.15, 0.2) is 0 Å². The lowest BCUT2D eigenvalue weighted by Crippen LogP contribution is -2.31. The minimum absolute atomic E-state index is 0.528. The highest BCUT2D eigenvalue weighted by molar-refractivity contribution is 5.27. The Labute approximate surface area is 91.1 Å². The summed E-state index contributed by atoms with van der Waals surface area (Å²) >= 11 is 0. The molecule has 1 saturated heterocycles. The normalized spacial score (nSPS) is 22.3. The van der Waals surface area contributed by atoms with Crippen LogP contribution in [0.2, 0.25) is 0 Å². The van der Waals surface area contributed by atoms with Gasteiger partial charge in [-0.3, -0.25) is 0 Å². The minimum atomic E-state index is 0.528. The molecule has 0 aliphatic carbocycles. The highest BCUT2D eigenvalue weighted by Gasteiger charge is 2.13. The fourth-order valence-corrected chi connectivity index (χ4v) is 2.03. The molecule has 1 atom stereocenters. The standard InChI is InChI=1S/C11H20N4/c1-2-15-8-7-13-11(15)14-10-5-3-4-6-12-9-10/h7-8,10,12H,2-6,9H2,1H3,(H,13,14). The van der Waals surface area contributed by atoms with E-state index in [2.05, 4.69) is 27.1 Å². The Kier molecular flexibility index (Phi) is 3.61. The molecule has 15 heavy (non-hydrogen) atoms. The van der Waals surface area contributed by atoms with Gasteiger partial charge in [-0.1, -0.05) is 6.42 Å². The Hall–Kier alpha value is -1.03. The largest absolute Gasteiger partial charge is 0.352 e. The van der Waals surface area contributed by atoms with E-state index in [9.17, 15) is 0 Å². The maximum atomic E-state index is 4.34. The van der Waals surface area contributed by atoms with Crippen molar-refractivity contribution in [1.82, 2.24) is 14.9 Å². The summed E-state index contributed by atoms with van der Waals surface area (Å²) in [6.07, 6.45) is 7.71. The van der Waals surface area contributed by atoms with Gasteiger partial charge in [-0.25, -0.2) is 4.98 Å². The average molecular weight is 208 g/mol. The Morgan fingerprint density at radius 1 is 1.60 bits per heavy atom. The van der Waals surface area contributed by atoms with Crippen LogP contribution in [-0.2, 0) is 6.54 Å². The molecule has 1 unspecified atom stereocenters. The van der Waals surface area contributed by atoms with Gasteiger partial charge in [-0.2, -0.15) is 0 Å². The quantitative estimate of drug-likeness (QED) is 0.790. The van der Waals surface area contributed by atoms with E-state index >= 15 is 0 Å². The van der Waals surface area contributed by atoms with Crippen molar-refractivity contribution < 1.29 is 0 Å². The zero-order chi connectivity index (χ0) is 10.5. The third-order valence-electron chi connectivity index (χ3n) is 2.94. The molecule has 1 fully saturated rings. The van der Waals surface area contributed by atoms with Gasteiger partial charge in [0, 0.05) is 31.5 Å². The summed E-state index contributed by atoms with van der Waals surface area (Å²) in [5.41, 5.74) is 0. The summed E-state index contributed by atoms with van der Waals surface area (Å²) in [4.78, 5) is 4.34. The maximum absolute atomic E-state index is 4.34. The van der Waals surface area contributed by atoms with Gasteiger partial charge in [-0.15, -0.1) is 0 Å². The summed E-state index contributed by atoms with van der Waals surface area (Å²) in [6.45, 7) is 5.32. The number of rotatable bonds is 3. The van der Waals surface area contributed by atoms with Gasteiger partial charge < -0.3 is 15.2 Å². The molecule has 2 heterocycles. The van der Waals surface area contributed by atoms with Crippen molar-refractivity contribution in [3.63, 3.8) is 0 Å². The molecule has 0 saturated carbocycles. The molecule has 0 bridgehead atoms. The number of hydrogen-bond donors (Lipinski definition) is 2. The Balaban J connectivity index is 1.94. The average Bonchev–Trinajstić information content (AvgIpc) is 2.53. The molecule has 4 nitrogen and oxygen atoms in total. The molecule has 1 aliphatic heterocycles. The third kappa shape index (κ3) is 2.72. The van der Waals surface area contributed by atoms with E-state index in [-0.39, 0.29) is 0 Å². The van der Waals surface area contributed by atoms with Crippen LogP contribution in [0.5, 0.6) is 0 Å². The summed E-state index contributed by atoms with van der Waals surface area (Å²) in [5.74, 6) is 1.01. The fourth-order valence-electron chi connectivity index (χ4n) is 2.03. The first-order chi connectivity index (χ1) is 7.40. The first kappa shape index (κ1) is 10.5. The Bertz CT molecular complexity index is 287. The van der Waals surface area contributed by atoms with Crippen LogP contribution >= 0.6 is 0 Å². The van der Waals surface area contributed by atoms with Crippen LogP contribution in [0.3, 0.4) is 0 Å². The minimum Gasteiger partial charge on any atom is -0.352 e. The zero-order valence-electron chi connectivity index (χ0n) is 9.37. The predicted molar refractivity (Wildman–Crippen MR) is 62.0 cm³/mol.